The number of ether oxygens (including phenoxy) is 1. The maximum atomic E-state index is 5.90. The molecule has 4 aromatic rings. The van der Waals surface area contributed by atoms with E-state index in [-0.39, 0.29) is 5.41 Å². The van der Waals surface area contributed by atoms with Gasteiger partial charge in [-0.15, -0.1) is 10.2 Å². The maximum absolute atomic E-state index is 5.90. The summed E-state index contributed by atoms with van der Waals surface area (Å²) in [6, 6.07) is 14.1. The Bertz CT molecular complexity index is 1240. The Morgan fingerprint density at radius 2 is 1.90 bits per heavy atom. The van der Waals surface area contributed by atoms with Crippen LogP contribution in [0.15, 0.2) is 48.8 Å². The first-order valence-corrected chi connectivity index (χ1v) is 10.4. The number of anilines is 1. The Kier molecular flexibility index (Phi) is 4.50. The van der Waals surface area contributed by atoms with Gasteiger partial charge in [-0.3, -0.25) is 0 Å². The highest BCUT2D eigenvalue weighted by atomic mass is 16.5. The zero-order valence-electron chi connectivity index (χ0n) is 17.9. The summed E-state index contributed by atoms with van der Waals surface area (Å²) in [7, 11) is 1.66. The van der Waals surface area contributed by atoms with Gasteiger partial charge < -0.3 is 15.0 Å². The number of fused-ring (bicyclic) bond motifs is 1. The van der Waals surface area contributed by atoms with E-state index in [9.17, 15) is 0 Å². The molecule has 5 rings (SSSR count). The summed E-state index contributed by atoms with van der Waals surface area (Å²) < 4.78 is 9.60. The van der Waals surface area contributed by atoms with E-state index >= 15 is 0 Å². The van der Waals surface area contributed by atoms with Crippen LogP contribution in [0.5, 0.6) is 5.75 Å². The highest BCUT2D eigenvalue weighted by molar-refractivity contribution is 5.63. The third-order valence-electron chi connectivity index (χ3n) is 6.14. The van der Waals surface area contributed by atoms with Gasteiger partial charge >= 0.3 is 0 Å². The van der Waals surface area contributed by atoms with E-state index in [1.807, 2.05) is 37.3 Å². The number of nitrogen functional groups attached to an aromatic ring is 1. The van der Waals surface area contributed by atoms with Gasteiger partial charge in [0.1, 0.15) is 29.4 Å². The molecule has 1 aliphatic rings. The molecular formula is C23H25N7O. The molecule has 8 heteroatoms. The zero-order valence-corrected chi connectivity index (χ0v) is 17.9. The van der Waals surface area contributed by atoms with E-state index in [1.165, 1.54) is 5.56 Å². The lowest BCUT2D eigenvalue weighted by molar-refractivity contribution is 0.378. The van der Waals surface area contributed by atoms with Gasteiger partial charge in [-0.05, 0) is 62.6 Å². The topological polar surface area (TPSA) is 96.7 Å². The molecule has 0 fully saturated rings. The lowest BCUT2D eigenvalue weighted by atomic mass is 9.76. The summed E-state index contributed by atoms with van der Waals surface area (Å²) in [5, 5.41) is 13.6. The van der Waals surface area contributed by atoms with Crippen LogP contribution in [0.2, 0.25) is 0 Å². The first-order chi connectivity index (χ1) is 15.0. The van der Waals surface area contributed by atoms with E-state index in [4.69, 9.17) is 10.5 Å². The summed E-state index contributed by atoms with van der Waals surface area (Å²) in [5.74, 6) is 3.24. The van der Waals surface area contributed by atoms with Crippen molar-refractivity contribution in [1.82, 2.24) is 29.5 Å². The number of methoxy groups -OCH3 is 1. The normalized spacial score (nSPS) is 18.0. The molecule has 0 spiro atoms. The van der Waals surface area contributed by atoms with Crippen LogP contribution in [0.4, 0.5) is 5.69 Å². The number of rotatable bonds is 4. The number of nitrogens with zero attached hydrogens (tertiary/aromatic N) is 6. The molecular weight excluding hydrogens is 390 g/mol. The van der Waals surface area contributed by atoms with Gasteiger partial charge in [-0.25, -0.2) is 9.67 Å². The molecule has 3 heterocycles. The average molecular weight is 416 g/mol. The monoisotopic (exact) mass is 415 g/mol. The summed E-state index contributed by atoms with van der Waals surface area (Å²) in [4.78, 5) is 4.21. The van der Waals surface area contributed by atoms with E-state index < -0.39 is 0 Å². The molecule has 0 aliphatic carbocycles. The third-order valence-corrected chi connectivity index (χ3v) is 6.14. The Hall–Kier alpha value is -3.68. The SMILES string of the molecule is COc1cc(-c2nnc3n2CCCC3(C)c2ccc(N)cc2)ccc1-n1cnc(C)n1. The van der Waals surface area contributed by atoms with E-state index in [1.54, 1.807) is 18.1 Å². The number of hydrogen-bond acceptors (Lipinski definition) is 6. The van der Waals surface area contributed by atoms with Gasteiger partial charge in [0.15, 0.2) is 5.82 Å². The zero-order chi connectivity index (χ0) is 21.6. The summed E-state index contributed by atoms with van der Waals surface area (Å²) in [5.41, 5.74) is 9.45. The van der Waals surface area contributed by atoms with Gasteiger partial charge in [-0.2, -0.15) is 5.10 Å². The largest absolute Gasteiger partial charge is 0.494 e. The molecule has 1 unspecified atom stereocenters. The fraction of sp³-hybridized carbons (Fsp3) is 0.304. The molecule has 158 valence electrons. The van der Waals surface area contributed by atoms with Gasteiger partial charge in [0.25, 0.3) is 0 Å². The van der Waals surface area contributed by atoms with Crippen LogP contribution in [0.1, 0.15) is 37.0 Å². The van der Waals surface area contributed by atoms with Gasteiger partial charge in [0.2, 0.25) is 0 Å². The molecule has 8 nitrogen and oxygen atoms in total. The lowest BCUT2D eigenvalue weighted by Gasteiger charge is -2.34. The number of nitrogens with two attached hydrogens (primary N) is 1. The van der Waals surface area contributed by atoms with Gasteiger partial charge in [0.05, 0.1) is 12.5 Å². The highest BCUT2D eigenvalue weighted by Gasteiger charge is 2.38. The van der Waals surface area contributed by atoms with Crippen molar-refractivity contribution in [2.45, 2.75) is 38.6 Å². The van der Waals surface area contributed by atoms with E-state index in [0.29, 0.717) is 11.6 Å². The minimum Gasteiger partial charge on any atom is -0.494 e. The number of benzene rings is 2. The smallest absolute Gasteiger partial charge is 0.164 e. The van der Waals surface area contributed by atoms with Crippen molar-refractivity contribution in [3.05, 3.63) is 66.0 Å². The molecule has 2 N–H and O–H groups in total. The molecule has 2 aromatic carbocycles. The van der Waals surface area contributed by atoms with Crippen molar-refractivity contribution in [2.75, 3.05) is 12.8 Å². The molecule has 0 bridgehead atoms. The fourth-order valence-electron chi connectivity index (χ4n) is 4.43. The predicted octanol–water partition coefficient (Wildman–Crippen LogP) is 3.52. The van der Waals surface area contributed by atoms with Crippen LogP contribution in [0.3, 0.4) is 0 Å². The Morgan fingerprint density at radius 1 is 1.10 bits per heavy atom. The molecule has 0 saturated carbocycles. The van der Waals surface area contributed by atoms with Crippen LogP contribution in [0, 0.1) is 6.92 Å². The van der Waals surface area contributed by atoms with Crippen LogP contribution in [-0.2, 0) is 12.0 Å². The Balaban J connectivity index is 1.57. The van der Waals surface area contributed by atoms with Crippen LogP contribution >= 0.6 is 0 Å². The highest BCUT2D eigenvalue weighted by Crippen LogP contribution is 2.41. The van der Waals surface area contributed by atoms with Crippen LogP contribution < -0.4 is 10.5 Å². The fourth-order valence-corrected chi connectivity index (χ4v) is 4.43. The summed E-state index contributed by atoms with van der Waals surface area (Å²) in [6.07, 6.45) is 3.75. The van der Waals surface area contributed by atoms with Gasteiger partial charge in [0, 0.05) is 17.8 Å². The van der Waals surface area contributed by atoms with E-state index in [2.05, 4.69) is 43.9 Å². The second-order valence-electron chi connectivity index (χ2n) is 8.18. The molecule has 1 aliphatic heterocycles. The molecule has 0 radical (unpaired) electrons. The van der Waals surface area contributed by atoms with Crippen molar-refractivity contribution in [3.63, 3.8) is 0 Å². The number of aromatic nitrogens is 6. The molecule has 0 saturated heterocycles. The second-order valence-corrected chi connectivity index (χ2v) is 8.18. The van der Waals surface area contributed by atoms with Crippen LogP contribution in [0.25, 0.3) is 17.1 Å². The van der Waals surface area contributed by atoms with E-state index in [0.717, 1.165) is 48.0 Å². The third kappa shape index (κ3) is 3.15. The second kappa shape index (κ2) is 7.23. The Labute approximate surface area is 180 Å². The van der Waals surface area contributed by atoms with Gasteiger partial charge in [-0.1, -0.05) is 12.1 Å². The van der Waals surface area contributed by atoms with Crippen molar-refractivity contribution in [1.29, 1.82) is 0 Å². The predicted molar refractivity (Wildman–Crippen MR) is 118 cm³/mol. The minimum atomic E-state index is -0.209. The van der Waals surface area contributed by atoms with Crippen molar-refractivity contribution >= 4 is 5.69 Å². The van der Waals surface area contributed by atoms with Crippen molar-refractivity contribution < 1.29 is 4.74 Å². The van der Waals surface area contributed by atoms with Crippen LogP contribution in [-0.4, -0.2) is 36.6 Å². The summed E-state index contributed by atoms with van der Waals surface area (Å²) >= 11 is 0. The van der Waals surface area contributed by atoms with Crippen molar-refractivity contribution in [2.24, 2.45) is 0 Å². The average Bonchev–Trinajstić information content (AvgIpc) is 3.41. The van der Waals surface area contributed by atoms with Crippen molar-refractivity contribution in [3.8, 4) is 22.8 Å². The number of aryl methyl sites for hydroxylation is 1. The Morgan fingerprint density at radius 3 is 2.61 bits per heavy atom. The minimum absolute atomic E-state index is 0.209. The first-order valence-electron chi connectivity index (χ1n) is 10.4. The standard InChI is InChI=1S/C23H25N7O/c1-15-25-14-30(28-15)19-10-5-16(13-20(19)31-3)21-26-27-22-23(2,11-4-12-29(21)22)17-6-8-18(24)9-7-17/h5-10,13-14H,4,11-12,24H2,1-3H3. The molecule has 1 atom stereocenters. The quantitative estimate of drug-likeness (QED) is 0.512. The molecule has 31 heavy (non-hydrogen) atoms. The maximum Gasteiger partial charge on any atom is 0.164 e. The number of hydrogen-bond donors (Lipinski definition) is 1. The first kappa shape index (κ1) is 19.3. The molecule has 2 aromatic heterocycles. The summed E-state index contributed by atoms with van der Waals surface area (Å²) in [6.45, 7) is 4.98. The lowest BCUT2D eigenvalue weighted by Crippen LogP contribution is -2.32. The molecule has 0 amide bonds.